The van der Waals surface area contributed by atoms with Gasteiger partial charge in [0, 0.05) is 48.9 Å². The zero-order valence-electron chi connectivity index (χ0n) is 19.7. The van der Waals surface area contributed by atoms with Crippen molar-refractivity contribution in [1.82, 2.24) is 24.6 Å². The first-order valence-electron chi connectivity index (χ1n) is 11.5. The molecule has 8 nitrogen and oxygen atoms in total. The van der Waals surface area contributed by atoms with E-state index in [4.69, 9.17) is 4.74 Å². The number of rotatable bonds is 5. The number of hydrogen-bond acceptors (Lipinski definition) is 6. The highest BCUT2D eigenvalue weighted by molar-refractivity contribution is 6.04. The zero-order valence-corrected chi connectivity index (χ0v) is 19.7. The van der Waals surface area contributed by atoms with E-state index in [1.807, 2.05) is 19.3 Å². The van der Waals surface area contributed by atoms with Crippen LogP contribution in [0.2, 0.25) is 0 Å². The average Bonchev–Trinajstić information content (AvgIpc) is 3.21. The van der Waals surface area contributed by atoms with Crippen molar-refractivity contribution < 1.29 is 13.9 Å². The standard InChI is InChI=1S/C26H25FN6O2/c1-32-11-15-10-26(15,13-32)25(34)30-21-8-17-20(9-22(21)35-3)28-14-29-23(17)18-12-33(2)31-24(18)16-6-4-5-7-19(16)27/h4-9,12,14-15H,10-11,13H2,1-3H3,(H,30,34)/t15-,26?/m1/s1. The van der Waals surface area contributed by atoms with Crippen LogP contribution in [-0.4, -0.2) is 57.8 Å². The number of halogens is 1. The van der Waals surface area contributed by atoms with E-state index in [9.17, 15) is 9.18 Å². The van der Waals surface area contributed by atoms with Gasteiger partial charge in [-0.2, -0.15) is 5.10 Å². The van der Waals surface area contributed by atoms with E-state index < -0.39 is 0 Å². The molecule has 0 bridgehead atoms. The summed E-state index contributed by atoms with van der Waals surface area (Å²) in [6, 6.07) is 10.2. The lowest BCUT2D eigenvalue weighted by Gasteiger charge is -2.18. The van der Waals surface area contributed by atoms with Crippen LogP contribution in [0.5, 0.6) is 5.75 Å². The number of carbonyl (C=O) groups is 1. The Labute approximate surface area is 201 Å². The van der Waals surface area contributed by atoms with Crippen LogP contribution in [-0.2, 0) is 11.8 Å². The molecule has 2 aromatic carbocycles. The summed E-state index contributed by atoms with van der Waals surface area (Å²) in [5.41, 5.74) is 3.03. The van der Waals surface area contributed by atoms with Crippen LogP contribution in [0.3, 0.4) is 0 Å². The molecule has 1 aliphatic heterocycles. The van der Waals surface area contributed by atoms with Crippen molar-refractivity contribution in [3.63, 3.8) is 0 Å². The van der Waals surface area contributed by atoms with E-state index in [0.717, 1.165) is 19.5 Å². The van der Waals surface area contributed by atoms with Crippen LogP contribution in [0.1, 0.15) is 6.42 Å². The first-order chi connectivity index (χ1) is 16.9. The molecule has 1 saturated heterocycles. The van der Waals surface area contributed by atoms with Crippen molar-refractivity contribution in [2.24, 2.45) is 18.4 Å². The Morgan fingerprint density at radius 3 is 2.74 bits per heavy atom. The molecule has 1 aliphatic carbocycles. The number of nitrogens with zero attached hydrogens (tertiary/aromatic N) is 5. The number of anilines is 1. The van der Waals surface area contributed by atoms with E-state index in [0.29, 0.717) is 50.8 Å². The minimum Gasteiger partial charge on any atom is -0.494 e. The molecule has 0 spiro atoms. The molecule has 1 unspecified atom stereocenters. The summed E-state index contributed by atoms with van der Waals surface area (Å²) in [4.78, 5) is 24.4. The predicted molar refractivity (Wildman–Crippen MR) is 130 cm³/mol. The van der Waals surface area contributed by atoms with Gasteiger partial charge in [0.15, 0.2) is 0 Å². The maximum absolute atomic E-state index is 14.7. The normalized spacial score (nSPS) is 21.2. The molecule has 2 aromatic heterocycles. The molecule has 2 aliphatic rings. The molecule has 2 fully saturated rings. The van der Waals surface area contributed by atoms with Crippen molar-refractivity contribution in [3.05, 3.63) is 54.7 Å². The van der Waals surface area contributed by atoms with Crippen LogP contribution in [0.25, 0.3) is 33.4 Å². The molecule has 4 aromatic rings. The van der Waals surface area contributed by atoms with Gasteiger partial charge in [-0.15, -0.1) is 0 Å². The second-order valence-electron chi connectivity index (χ2n) is 9.54. The van der Waals surface area contributed by atoms with Crippen molar-refractivity contribution in [1.29, 1.82) is 0 Å². The van der Waals surface area contributed by atoms with Gasteiger partial charge in [0.25, 0.3) is 0 Å². The first kappa shape index (κ1) is 21.7. The minimum atomic E-state index is -0.361. The van der Waals surface area contributed by atoms with Gasteiger partial charge in [-0.1, -0.05) is 12.1 Å². The summed E-state index contributed by atoms with van der Waals surface area (Å²) in [6.07, 6.45) is 4.19. The number of benzene rings is 2. The fraction of sp³-hybridized carbons (Fsp3) is 0.308. The Balaban J connectivity index is 1.46. The minimum absolute atomic E-state index is 0.0105. The summed E-state index contributed by atoms with van der Waals surface area (Å²) >= 11 is 0. The predicted octanol–water partition coefficient (Wildman–Crippen LogP) is 3.74. The van der Waals surface area contributed by atoms with E-state index in [1.54, 1.807) is 43.1 Å². The number of nitrogens with one attached hydrogen (secondary N) is 1. The Morgan fingerprint density at radius 1 is 1.17 bits per heavy atom. The summed E-state index contributed by atoms with van der Waals surface area (Å²) in [5, 5.41) is 8.34. The van der Waals surface area contributed by atoms with Gasteiger partial charge in [-0.05, 0) is 37.6 Å². The lowest BCUT2D eigenvalue weighted by atomic mass is 10.0. The lowest BCUT2D eigenvalue weighted by Crippen LogP contribution is -2.30. The van der Waals surface area contributed by atoms with E-state index in [2.05, 4.69) is 25.3 Å². The van der Waals surface area contributed by atoms with Gasteiger partial charge in [-0.25, -0.2) is 14.4 Å². The summed E-state index contributed by atoms with van der Waals surface area (Å²) < 4.78 is 21.9. The third kappa shape index (κ3) is 3.46. The molecule has 0 radical (unpaired) electrons. The molecule has 1 amide bonds. The van der Waals surface area contributed by atoms with Crippen LogP contribution in [0, 0.1) is 17.2 Å². The van der Waals surface area contributed by atoms with Crippen LogP contribution in [0.4, 0.5) is 10.1 Å². The van der Waals surface area contributed by atoms with Gasteiger partial charge in [0.05, 0.1) is 29.4 Å². The van der Waals surface area contributed by atoms with Gasteiger partial charge in [0.2, 0.25) is 5.91 Å². The molecule has 1 saturated carbocycles. The quantitative estimate of drug-likeness (QED) is 0.476. The number of amides is 1. The molecule has 35 heavy (non-hydrogen) atoms. The number of hydrogen-bond donors (Lipinski definition) is 1. The van der Waals surface area contributed by atoms with Crippen molar-refractivity contribution >= 4 is 22.5 Å². The van der Waals surface area contributed by atoms with E-state index in [-0.39, 0.29) is 17.1 Å². The topological polar surface area (TPSA) is 85.2 Å². The molecule has 178 valence electrons. The SMILES string of the molecule is COc1cc2ncnc(-c3cn(C)nc3-c3ccccc3F)c2cc1NC(=O)C12C[C@@H]1CN(C)C2. The number of fused-ring (bicyclic) bond motifs is 2. The van der Waals surface area contributed by atoms with Crippen molar-refractivity contribution in [2.45, 2.75) is 6.42 Å². The maximum Gasteiger partial charge on any atom is 0.232 e. The molecule has 3 heterocycles. The fourth-order valence-corrected chi connectivity index (χ4v) is 5.41. The largest absolute Gasteiger partial charge is 0.494 e. The number of likely N-dealkylation sites (tertiary alicyclic amines) is 1. The third-order valence-corrected chi connectivity index (χ3v) is 7.19. The molecular weight excluding hydrogens is 447 g/mol. The average molecular weight is 473 g/mol. The van der Waals surface area contributed by atoms with Crippen LogP contribution >= 0.6 is 0 Å². The highest BCUT2D eigenvalue weighted by atomic mass is 19.1. The summed E-state index contributed by atoms with van der Waals surface area (Å²) in [7, 11) is 5.40. The highest BCUT2D eigenvalue weighted by Crippen LogP contribution is 2.58. The molecule has 6 rings (SSSR count). The smallest absolute Gasteiger partial charge is 0.232 e. The number of aryl methyl sites for hydroxylation is 1. The first-order valence-corrected chi connectivity index (χ1v) is 11.5. The Morgan fingerprint density at radius 2 is 2.00 bits per heavy atom. The third-order valence-electron chi connectivity index (χ3n) is 7.19. The number of carbonyl (C=O) groups excluding carboxylic acids is 1. The lowest BCUT2D eigenvalue weighted by molar-refractivity contribution is -0.121. The Hall–Kier alpha value is -3.85. The van der Waals surface area contributed by atoms with Gasteiger partial charge < -0.3 is 15.0 Å². The monoisotopic (exact) mass is 472 g/mol. The van der Waals surface area contributed by atoms with Gasteiger partial charge in [-0.3, -0.25) is 9.48 Å². The second-order valence-corrected chi connectivity index (χ2v) is 9.54. The van der Waals surface area contributed by atoms with Crippen LogP contribution < -0.4 is 10.1 Å². The van der Waals surface area contributed by atoms with E-state index >= 15 is 0 Å². The number of methoxy groups -OCH3 is 1. The Bertz CT molecular complexity index is 1480. The molecule has 1 N–H and O–H groups in total. The summed E-state index contributed by atoms with van der Waals surface area (Å²) in [6.45, 7) is 1.70. The maximum atomic E-state index is 14.7. The summed E-state index contributed by atoms with van der Waals surface area (Å²) in [5.74, 6) is 0.573. The molecule has 2 atom stereocenters. The second kappa shape index (κ2) is 7.84. The van der Waals surface area contributed by atoms with Crippen molar-refractivity contribution in [3.8, 4) is 28.3 Å². The number of piperidine rings is 1. The highest BCUT2D eigenvalue weighted by Gasteiger charge is 2.64. The van der Waals surface area contributed by atoms with E-state index in [1.165, 1.54) is 12.4 Å². The Kier molecular flexibility index (Phi) is 4.86. The zero-order chi connectivity index (χ0) is 24.3. The fourth-order valence-electron chi connectivity index (χ4n) is 5.41. The van der Waals surface area contributed by atoms with Gasteiger partial charge >= 0.3 is 0 Å². The number of aromatic nitrogens is 4. The van der Waals surface area contributed by atoms with Gasteiger partial charge in [0.1, 0.15) is 23.6 Å². The molecular formula is C26H25FN6O2. The number of ether oxygens (including phenoxy) is 1. The molecule has 9 heteroatoms. The van der Waals surface area contributed by atoms with Crippen molar-refractivity contribution in [2.75, 3.05) is 32.6 Å². The van der Waals surface area contributed by atoms with Crippen LogP contribution in [0.15, 0.2) is 48.9 Å².